The molecule has 0 saturated heterocycles. The van der Waals surface area contributed by atoms with Crippen LogP contribution in [0.15, 0.2) is 0 Å². The van der Waals surface area contributed by atoms with Gasteiger partial charge in [-0.25, -0.2) is 0 Å². The normalized spacial score (nSPS) is 15.5. The lowest BCUT2D eigenvalue weighted by atomic mass is 10.4. The Hall–Kier alpha value is -0.170. The quantitative estimate of drug-likeness (QED) is 0.708. The molecule has 0 aliphatic carbocycles. The monoisotopic (exact) mass is 224 g/mol. The number of nitrogens with zero attached hydrogens (tertiary/aromatic N) is 2. The Bertz CT molecular complexity index is 264. The van der Waals surface area contributed by atoms with Gasteiger partial charge < -0.3 is 5.11 Å². The summed E-state index contributed by atoms with van der Waals surface area (Å²) in [5, 5.41) is 8.86. The second-order valence-corrected chi connectivity index (χ2v) is 5.71. The fraction of sp³-hybridized carbons (Fsp3) is 1.00. The van der Waals surface area contributed by atoms with E-state index in [1.165, 1.54) is 22.7 Å². The summed E-state index contributed by atoms with van der Waals surface area (Å²) in [6.45, 7) is 5.08. The average molecular weight is 224 g/mol. The fourth-order valence-corrected chi connectivity index (χ4v) is 2.27. The van der Waals surface area contributed by atoms with Crippen molar-refractivity contribution in [2.24, 2.45) is 0 Å². The summed E-state index contributed by atoms with van der Waals surface area (Å²) in [7, 11) is -0.447. The molecule has 14 heavy (non-hydrogen) atoms. The third kappa shape index (κ3) is 2.91. The van der Waals surface area contributed by atoms with E-state index in [4.69, 9.17) is 5.11 Å². The van der Waals surface area contributed by atoms with Gasteiger partial charge in [0.25, 0.3) is 10.2 Å². The molecule has 1 N–H and O–H groups in total. The minimum atomic E-state index is -3.44. The van der Waals surface area contributed by atoms with Crippen LogP contribution in [0.25, 0.3) is 0 Å². The van der Waals surface area contributed by atoms with E-state index < -0.39 is 16.3 Å². The van der Waals surface area contributed by atoms with E-state index in [1.807, 2.05) is 0 Å². The smallest absolute Gasteiger partial charge is 0.282 e. The van der Waals surface area contributed by atoms with Crippen molar-refractivity contribution in [3.05, 3.63) is 0 Å². The number of likely N-dealkylation sites (N-methyl/N-ethyl adjacent to an activating group) is 1. The van der Waals surface area contributed by atoms with Gasteiger partial charge in [0, 0.05) is 26.2 Å². The molecule has 0 aromatic rings. The Morgan fingerprint density at radius 1 is 1.14 bits per heavy atom. The summed E-state index contributed by atoms with van der Waals surface area (Å²) in [5.74, 6) is 0. The van der Waals surface area contributed by atoms with Crippen LogP contribution in [-0.2, 0) is 10.2 Å². The molecule has 0 rings (SSSR count). The van der Waals surface area contributed by atoms with Gasteiger partial charge in [-0.1, -0.05) is 0 Å². The standard InChI is InChI=1S/C8H20N2O3S/c1-7(2)9(4)14(12,13)10(5)8(3)6-11/h7-8,11H,6H2,1-5H3. The lowest BCUT2D eigenvalue weighted by Crippen LogP contribution is -2.47. The Kier molecular flexibility index (Phi) is 5.00. The van der Waals surface area contributed by atoms with Crippen molar-refractivity contribution >= 4 is 10.2 Å². The van der Waals surface area contributed by atoms with E-state index in [1.54, 1.807) is 20.8 Å². The maximum Gasteiger partial charge on any atom is 0.282 e. The van der Waals surface area contributed by atoms with Gasteiger partial charge in [-0.2, -0.15) is 17.0 Å². The van der Waals surface area contributed by atoms with Crippen LogP contribution in [0, 0.1) is 0 Å². The van der Waals surface area contributed by atoms with Crippen molar-refractivity contribution in [1.29, 1.82) is 0 Å². The minimum Gasteiger partial charge on any atom is -0.395 e. The lowest BCUT2D eigenvalue weighted by molar-refractivity contribution is 0.205. The molecule has 6 heteroatoms. The fourth-order valence-electron chi connectivity index (χ4n) is 0.812. The van der Waals surface area contributed by atoms with E-state index in [9.17, 15) is 8.42 Å². The summed E-state index contributed by atoms with van der Waals surface area (Å²) in [6, 6.07) is -0.491. The zero-order valence-corrected chi connectivity index (χ0v) is 10.2. The van der Waals surface area contributed by atoms with Crippen LogP contribution >= 0.6 is 0 Å². The summed E-state index contributed by atoms with van der Waals surface area (Å²) >= 11 is 0. The molecule has 0 aromatic carbocycles. The van der Waals surface area contributed by atoms with Crippen molar-refractivity contribution in [2.45, 2.75) is 32.9 Å². The second-order valence-electron chi connectivity index (χ2n) is 3.67. The molecule has 86 valence electrons. The van der Waals surface area contributed by atoms with Crippen molar-refractivity contribution in [3.8, 4) is 0 Å². The van der Waals surface area contributed by atoms with Gasteiger partial charge in [0.15, 0.2) is 0 Å². The van der Waals surface area contributed by atoms with Crippen LogP contribution < -0.4 is 0 Å². The molecule has 0 aromatic heterocycles. The highest BCUT2D eigenvalue weighted by Gasteiger charge is 2.28. The highest BCUT2D eigenvalue weighted by Crippen LogP contribution is 2.10. The molecular formula is C8H20N2O3S. The van der Waals surface area contributed by atoms with E-state index in [0.29, 0.717) is 0 Å². The molecule has 0 fully saturated rings. The molecule has 0 saturated carbocycles. The summed E-state index contributed by atoms with van der Waals surface area (Å²) in [4.78, 5) is 0. The van der Waals surface area contributed by atoms with Gasteiger partial charge in [-0.15, -0.1) is 0 Å². The van der Waals surface area contributed by atoms with Crippen molar-refractivity contribution in [1.82, 2.24) is 8.61 Å². The highest BCUT2D eigenvalue weighted by atomic mass is 32.2. The predicted octanol–water partition coefficient (Wildman–Crippen LogP) is -0.116. The Labute approximate surface area is 86.5 Å². The van der Waals surface area contributed by atoms with Gasteiger partial charge in [0.05, 0.1) is 6.61 Å². The molecule has 1 unspecified atom stereocenters. The molecule has 0 aliphatic rings. The summed E-state index contributed by atoms with van der Waals surface area (Å²) in [6.07, 6.45) is 0. The van der Waals surface area contributed by atoms with Gasteiger partial charge >= 0.3 is 0 Å². The molecule has 5 nitrogen and oxygen atoms in total. The number of rotatable bonds is 5. The van der Waals surface area contributed by atoms with Crippen LogP contribution in [0.1, 0.15) is 20.8 Å². The first kappa shape index (κ1) is 13.8. The molecule has 0 amide bonds. The van der Waals surface area contributed by atoms with Gasteiger partial charge in [0.2, 0.25) is 0 Å². The summed E-state index contributed by atoms with van der Waals surface area (Å²) < 4.78 is 26.1. The van der Waals surface area contributed by atoms with E-state index in [2.05, 4.69) is 0 Å². The van der Waals surface area contributed by atoms with Gasteiger partial charge in [0.1, 0.15) is 0 Å². The highest BCUT2D eigenvalue weighted by molar-refractivity contribution is 7.86. The molecule has 1 atom stereocenters. The maximum absolute atomic E-state index is 11.8. The molecular weight excluding hydrogens is 204 g/mol. The largest absolute Gasteiger partial charge is 0.395 e. The number of hydrogen-bond donors (Lipinski definition) is 1. The van der Waals surface area contributed by atoms with Crippen LogP contribution in [0.4, 0.5) is 0 Å². The molecule has 0 radical (unpaired) electrons. The van der Waals surface area contributed by atoms with Crippen LogP contribution in [0.5, 0.6) is 0 Å². The third-order valence-corrected chi connectivity index (χ3v) is 4.58. The van der Waals surface area contributed by atoms with E-state index in [-0.39, 0.29) is 12.6 Å². The zero-order valence-electron chi connectivity index (χ0n) is 9.43. The Balaban J connectivity index is 4.79. The number of aliphatic hydroxyl groups is 1. The maximum atomic E-state index is 11.8. The first-order chi connectivity index (χ1) is 6.25. The third-order valence-electron chi connectivity index (χ3n) is 2.34. The van der Waals surface area contributed by atoms with E-state index >= 15 is 0 Å². The molecule has 0 aliphatic heterocycles. The molecule has 0 bridgehead atoms. The second kappa shape index (κ2) is 5.06. The summed E-state index contributed by atoms with van der Waals surface area (Å²) in [5.41, 5.74) is 0. The first-order valence-corrected chi connectivity index (χ1v) is 5.96. The topological polar surface area (TPSA) is 60.9 Å². The predicted molar refractivity (Wildman–Crippen MR) is 56.1 cm³/mol. The molecule has 0 spiro atoms. The first-order valence-electron chi connectivity index (χ1n) is 4.57. The zero-order chi connectivity index (χ0) is 11.5. The number of hydrogen-bond acceptors (Lipinski definition) is 3. The lowest BCUT2D eigenvalue weighted by Gasteiger charge is -2.29. The van der Waals surface area contributed by atoms with Crippen LogP contribution in [0.2, 0.25) is 0 Å². The van der Waals surface area contributed by atoms with Crippen LogP contribution in [0.3, 0.4) is 0 Å². The minimum absolute atomic E-state index is 0.0895. The Morgan fingerprint density at radius 2 is 1.57 bits per heavy atom. The SMILES string of the molecule is CC(C)N(C)S(=O)(=O)N(C)C(C)CO. The Morgan fingerprint density at radius 3 is 1.86 bits per heavy atom. The number of aliphatic hydroxyl groups excluding tert-OH is 1. The van der Waals surface area contributed by atoms with Gasteiger partial charge in [-0.3, -0.25) is 0 Å². The average Bonchev–Trinajstić information content (AvgIpc) is 2.13. The van der Waals surface area contributed by atoms with Crippen LogP contribution in [-0.4, -0.2) is 54.9 Å². The van der Waals surface area contributed by atoms with E-state index in [0.717, 1.165) is 0 Å². The molecule has 0 heterocycles. The van der Waals surface area contributed by atoms with Crippen molar-refractivity contribution in [2.75, 3.05) is 20.7 Å². The van der Waals surface area contributed by atoms with Crippen molar-refractivity contribution in [3.63, 3.8) is 0 Å². The van der Waals surface area contributed by atoms with Gasteiger partial charge in [-0.05, 0) is 20.8 Å². The van der Waals surface area contributed by atoms with Crippen molar-refractivity contribution < 1.29 is 13.5 Å².